The summed E-state index contributed by atoms with van der Waals surface area (Å²) >= 11 is 0. The Morgan fingerprint density at radius 1 is 1.53 bits per heavy atom. The molecule has 0 fully saturated rings. The molecule has 0 aromatic rings. The molecule has 5 nitrogen and oxygen atoms in total. The van der Waals surface area contributed by atoms with Crippen LogP contribution in [0.1, 0.15) is 26.7 Å². The molecule has 0 saturated heterocycles. The lowest BCUT2D eigenvalue weighted by Crippen LogP contribution is -2.29. The molecule has 5 heteroatoms. The zero-order valence-electron chi connectivity index (χ0n) is 9.23. The molecule has 0 unspecified atom stereocenters. The number of carbonyl (C=O) groups is 1. The Morgan fingerprint density at radius 3 is 2.60 bits per heavy atom. The second kappa shape index (κ2) is 7.00. The highest BCUT2D eigenvalue weighted by atomic mass is 16.4. The van der Waals surface area contributed by atoms with E-state index in [4.69, 9.17) is 16.6 Å². The van der Waals surface area contributed by atoms with Gasteiger partial charge in [-0.15, -0.1) is 0 Å². The van der Waals surface area contributed by atoms with Crippen LogP contribution in [0.4, 0.5) is 0 Å². The number of aliphatic imine (C=N–C) groups is 1. The van der Waals surface area contributed by atoms with Crippen molar-refractivity contribution in [2.24, 2.45) is 16.5 Å². The summed E-state index contributed by atoms with van der Waals surface area (Å²) in [4.78, 5) is 14.4. The summed E-state index contributed by atoms with van der Waals surface area (Å²) in [5.74, 6) is -0.417. The van der Waals surface area contributed by atoms with Gasteiger partial charge in [-0.1, -0.05) is 11.6 Å². The van der Waals surface area contributed by atoms with E-state index < -0.39 is 12.0 Å². The summed E-state index contributed by atoms with van der Waals surface area (Å²) in [6.07, 6.45) is 3.04. The van der Waals surface area contributed by atoms with Crippen LogP contribution in [-0.4, -0.2) is 29.5 Å². The van der Waals surface area contributed by atoms with Gasteiger partial charge in [0.05, 0.1) is 12.4 Å². The van der Waals surface area contributed by atoms with Crippen LogP contribution in [0.25, 0.3) is 0 Å². The van der Waals surface area contributed by atoms with E-state index in [9.17, 15) is 4.79 Å². The van der Waals surface area contributed by atoms with Crippen LogP contribution in [0.3, 0.4) is 0 Å². The third kappa shape index (κ3) is 7.69. The molecule has 0 aromatic heterocycles. The topological polar surface area (TPSA) is 102 Å². The lowest BCUT2D eigenvalue weighted by atomic mass is 10.1. The third-order valence-electron chi connectivity index (χ3n) is 1.95. The van der Waals surface area contributed by atoms with Crippen molar-refractivity contribution in [3.8, 4) is 0 Å². The Morgan fingerprint density at radius 2 is 2.13 bits per heavy atom. The second-order valence-electron chi connectivity index (χ2n) is 3.52. The van der Waals surface area contributed by atoms with Gasteiger partial charge in [0, 0.05) is 0 Å². The highest BCUT2D eigenvalue weighted by Crippen LogP contribution is 2.05. The molecule has 15 heavy (non-hydrogen) atoms. The van der Waals surface area contributed by atoms with Gasteiger partial charge in [-0.2, -0.15) is 0 Å². The number of hydrogen-bond donors (Lipinski definition) is 3. The van der Waals surface area contributed by atoms with E-state index >= 15 is 0 Å². The van der Waals surface area contributed by atoms with Crippen LogP contribution < -0.4 is 11.5 Å². The number of hydrogen-bond acceptors (Lipinski definition) is 3. The van der Waals surface area contributed by atoms with Gasteiger partial charge in [-0.3, -0.25) is 9.79 Å². The monoisotopic (exact) mass is 213 g/mol. The van der Waals surface area contributed by atoms with E-state index in [-0.39, 0.29) is 0 Å². The number of nitrogens with zero attached hydrogens (tertiary/aromatic N) is 1. The smallest absolute Gasteiger partial charge is 0.320 e. The quantitative estimate of drug-likeness (QED) is 0.339. The predicted molar refractivity (Wildman–Crippen MR) is 60.8 cm³/mol. The zero-order chi connectivity index (χ0) is 11.8. The summed E-state index contributed by atoms with van der Waals surface area (Å²) in [6, 6.07) is -0.784. The molecule has 86 valence electrons. The normalized spacial score (nSPS) is 15.1. The molecular formula is C10H19N3O2. The molecule has 0 aliphatic heterocycles. The molecule has 0 aliphatic carbocycles. The Bertz CT molecular complexity index is 268. The van der Waals surface area contributed by atoms with Crippen molar-refractivity contribution in [2.75, 3.05) is 6.54 Å². The summed E-state index contributed by atoms with van der Waals surface area (Å²) < 4.78 is 0. The summed E-state index contributed by atoms with van der Waals surface area (Å²) in [6.45, 7) is 4.19. The number of allylic oxidation sites excluding steroid dienone is 1. The SMILES string of the molecule is CC(N)=NC/C=C(\C)CC[C@H](N)C(=O)O. The molecular weight excluding hydrogens is 194 g/mol. The minimum Gasteiger partial charge on any atom is -0.480 e. The average Bonchev–Trinajstić information content (AvgIpc) is 2.13. The van der Waals surface area contributed by atoms with Gasteiger partial charge in [-0.05, 0) is 26.7 Å². The van der Waals surface area contributed by atoms with Crippen LogP contribution >= 0.6 is 0 Å². The Kier molecular flexibility index (Phi) is 6.37. The predicted octanol–water partition coefficient (Wildman–Crippen LogP) is 0.502. The van der Waals surface area contributed by atoms with E-state index in [2.05, 4.69) is 4.99 Å². The molecule has 5 N–H and O–H groups in total. The minimum atomic E-state index is -0.960. The van der Waals surface area contributed by atoms with Crippen molar-refractivity contribution in [3.63, 3.8) is 0 Å². The second-order valence-corrected chi connectivity index (χ2v) is 3.52. The molecule has 0 spiro atoms. The number of carboxylic acid groups (broad SMARTS) is 1. The maximum atomic E-state index is 10.4. The fourth-order valence-corrected chi connectivity index (χ4v) is 0.954. The van der Waals surface area contributed by atoms with Crippen molar-refractivity contribution in [2.45, 2.75) is 32.7 Å². The standard InChI is InChI=1S/C10H19N3O2/c1-7(5-6-13-8(2)11)3-4-9(12)10(14)15/h5,9H,3-4,6,12H2,1-2H3,(H2,11,13)(H,14,15)/b7-5+/t9-/m0/s1. The Labute approximate surface area is 89.9 Å². The molecule has 0 amide bonds. The molecule has 0 aromatic carbocycles. The van der Waals surface area contributed by atoms with Gasteiger partial charge in [0.1, 0.15) is 6.04 Å². The van der Waals surface area contributed by atoms with E-state index in [0.29, 0.717) is 25.2 Å². The van der Waals surface area contributed by atoms with E-state index in [1.165, 1.54) is 0 Å². The zero-order valence-corrected chi connectivity index (χ0v) is 9.23. The van der Waals surface area contributed by atoms with E-state index in [0.717, 1.165) is 5.57 Å². The van der Waals surface area contributed by atoms with Crippen molar-refractivity contribution >= 4 is 11.8 Å². The van der Waals surface area contributed by atoms with Gasteiger partial charge in [0.15, 0.2) is 0 Å². The van der Waals surface area contributed by atoms with Crippen LogP contribution in [0.15, 0.2) is 16.6 Å². The van der Waals surface area contributed by atoms with Gasteiger partial charge >= 0.3 is 5.97 Å². The Balaban J connectivity index is 3.88. The van der Waals surface area contributed by atoms with E-state index in [1.54, 1.807) is 6.92 Å². The maximum Gasteiger partial charge on any atom is 0.320 e. The molecule has 0 rings (SSSR count). The molecule has 0 aliphatic rings. The first-order chi connectivity index (χ1) is 6.93. The van der Waals surface area contributed by atoms with Gasteiger partial charge in [0.25, 0.3) is 0 Å². The van der Waals surface area contributed by atoms with Crippen molar-refractivity contribution < 1.29 is 9.90 Å². The largest absolute Gasteiger partial charge is 0.480 e. The van der Waals surface area contributed by atoms with Crippen LogP contribution in [-0.2, 0) is 4.79 Å². The number of nitrogens with two attached hydrogens (primary N) is 2. The minimum absolute atomic E-state index is 0.447. The fraction of sp³-hybridized carbons (Fsp3) is 0.600. The van der Waals surface area contributed by atoms with Crippen molar-refractivity contribution in [1.82, 2.24) is 0 Å². The molecule has 1 atom stereocenters. The number of rotatable bonds is 6. The number of carboxylic acids is 1. The van der Waals surface area contributed by atoms with Crippen LogP contribution in [0.5, 0.6) is 0 Å². The van der Waals surface area contributed by atoms with Gasteiger partial charge in [0.2, 0.25) is 0 Å². The highest BCUT2D eigenvalue weighted by Gasteiger charge is 2.10. The molecule has 0 heterocycles. The number of aliphatic carboxylic acids is 1. The average molecular weight is 213 g/mol. The maximum absolute atomic E-state index is 10.4. The van der Waals surface area contributed by atoms with Gasteiger partial charge in [-0.25, -0.2) is 0 Å². The van der Waals surface area contributed by atoms with E-state index in [1.807, 2.05) is 13.0 Å². The Hall–Kier alpha value is -1.36. The number of amidine groups is 1. The third-order valence-corrected chi connectivity index (χ3v) is 1.95. The summed E-state index contributed by atoms with van der Waals surface area (Å²) in [5, 5.41) is 8.56. The summed E-state index contributed by atoms with van der Waals surface area (Å²) in [5.41, 5.74) is 11.8. The molecule has 0 radical (unpaired) electrons. The first-order valence-electron chi connectivity index (χ1n) is 4.84. The molecule has 0 bridgehead atoms. The van der Waals surface area contributed by atoms with Crippen LogP contribution in [0.2, 0.25) is 0 Å². The van der Waals surface area contributed by atoms with Crippen LogP contribution in [0, 0.1) is 0 Å². The van der Waals surface area contributed by atoms with Gasteiger partial charge < -0.3 is 16.6 Å². The lowest BCUT2D eigenvalue weighted by molar-refractivity contribution is -0.138. The molecule has 0 saturated carbocycles. The van der Waals surface area contributed by atoms with Crippen molar-refractivity contribution in [1.29, 1.82) is 0 Å². The first kappa shape index (κ1) is 13.6. The highest BCUT2D eigenvalue weighted by molar-refractivity contribution is 5.77. The summed E-state index contributed by atoms with van der Waals surface area (Å²) in [7, 11) is 0. The lowest BCUT2D eigenvalue weighted by Gasteiger charge is -2.05. The fourth-order valence-electron chi connectivity index (χ4n) is 0.954. The van der Waals surface area contributed by atoms with Crippen molar-refractivity contribution in [3.05, 3.63) is 11.6 Å². The first-order valence-corrected chi connectivity index (χ1v) is 4.84.